The summed E-state index contributed by atoms with van der Waals surface area (Å²) in [6, 6.07) is 5.21. The van der Waals surface area contributed by atoms with Gasteiger partial charge in [-0.3, -0.25) is 14.6 Å². The Bertz CT molecular complexity index is 956. The van der Waals surface area contributed by atoms with Crippen molar-refractivity contribution in [3.63, 3.8) is 0 Å². The smallest absolute Gasteiger partial charge is 0.262 e. The molecule has 1 aliphatic heterocycles. The highest BCUT2D eigenvalue weighted by atomic mass is 35.5. The van der Waals surface area contributed by atoms with Gasteiger partial charge in [0.1, 0.15) is 6.04 Å². The Hall–Kier alpha value is -2.16. The van der Waals surface area contributed by atoms with E-state index in [0.717, 1.165) is 55.0 Å². The molecule has 7 nitrogen and oxygen atoms in total. The number of amides is 2. The van der Waals surface area contributed by atoms with Gasteiger partial charge in [-0.25, -0.2) is 0 Å². The first kappa shape index (κ1) is 23.0. The fourth-order valence-electron chi connectivity index (χ4n) is 3.71. The Balaban J connectivity index is 1.36. The predicted molar refractivity (Wildman–Crippen MR) is 126 cm³/mol. The van der Waals surface area contributed by atoms with Crippen LogP contribution in [0.1, 0.15) is 58.8 Å². The lowest BCUT2D eigenvalue weighted by molar-refractivity contribution is -0.124. The Labute approximate surface area is 197 Å². The summed E-state index contributed by atoms with van der Waals surface area (Å²) in [5.74, 6) is -0.342. The van der Waals surface area contributed by atoms with E-state index in [1.54, 1.807) is 12.3 Å². The minimum absolute atomic E-state index is 0.0108. The van der Waals surface area contributed by atoms with Crippen molar-refractivity contribution in [2.75, 3.05) is 11.9 Å². The number of anilines is 1. The van der Waals surface area contributed by atoms with Crippen LogP contribution in [0.2, 0.25) is 5.02 Å². The van der Waals surface area contributed by atoms with E-state index in [2.05, 4.69) is 20.9 Å². The maximum atomic E-state index is 12.9. The number of halogens is 1. The van der Waals surface area contributed by atoms with Gasteiger partial charge in [0.25, 0.3) is 5.91 Å². The molecule has 32 heavy (non-hydrogen) atoms. The molecule has 0 radical (unpaired) electrons. The molecule has 0 bridgehead atoms. The number of hydrogen-bond donors (Lipinski definition) is 3. The van der Waals surface area contributed by atoms with Gasteiger partial charge >= 0.3 is 0 Å². The molecule has 2 fully saturated rings. The Morgan fingerprint density at radius 1 is 1.28 bits per heavy atom. The van der Waals surface area contributed by atoms with Crippen molar-refractivity contribution in [3.8, 4) is 0 Å². The fraction of sp³-hybridized carbons (Fsp3) is 0.522. The summed E-state index contributed by atoms with van der Waals surface area (Å²) in [6.45, 7) is 3.19. The predicted octanol–water partition coefficient (Wildman–Crippen LogP) is 4.05. The molecular formula is C23H29ClN4O3S. The van der Waals surface area contributed by atoms with Crippen LogP contribution in [0.15, 0.2) is 24.4 Å². The van der Waals surface area contributed by atoms with E-state index in [0.29, 0.717) is 22.9 Å². The number of hydrogen-bond acceptors (Lipinski definition) is 6. The summed E-state index contributed by atoms with van der Waals surface area (Å²) >= 11 is 7.43. The second-order valence-electron chi connectivity index (χ2n) is 8.44. The zero-order chi connectivity index (χ0) is 22.5. The van der Waals surface area contributed by atoms with Crippen molar-refractivity contribution in [2.24, 2.45) is 0 Å². The summed E-state index contributed by atoms with van der Waals surface area (Å²) < 4.78 is 5.81. The first-order valence-corrected chi connectivity index (χ1v) is 12.3. The fourth-order valence-corrected chi connectivity index (χ4v) is 4.72. The van der Waals surface area contributed by atoms with Crippen molar-refractivity contribution >= 4 is 40.4 Å². The van der Waals surface area contributed by atoms with Crippen LogP contribution in [0.25, 0.3) is 0 Å². The molecule has 1 saturated carbocycles. The van der Waals surface area contributed by atoms with Crippen LogP contribution >= 0.6 is 22.9 Å². The molecule has 1 saturated heterocycles. The molecule has 9 heteroatoms. The van der Waals surface area contributed by atoms with Gasteiger partial charge in [0.2, 0.25) is 5.91 Å². The Morgan fingerprint density at radius 3 is 2.88 bits per heavy atom. The lowest BCUT2D eigenvalue weighted by Gasteiger charge is -2.27. The number of pyridine rings is 1. The van der Waals surface area contributed by atoms with E-state index >= 15 is 0 Å². The van der Waals surface area contributed by atoms with Crippen molar-refractivity contribution in [2.45, 2.75) is 70.2 Å². The number of thiophene rings is 1. The second kappa shape index (κ2) is 10.6. The lowest BCUT2D eigenvalue weighted by Crippen LogP contribution is -2.49. The lowest BCUT2D eigenvalue weighted by atomic mass is 10.0. The maximum absolute atomic E-state index is 12.9. The standard InChI is InChI=1S/C23H29ClN4O3S/c1-14-19(10-15(24)12-25-14)26-13-18-7-8-21(32-18)23(30)28-20(22(29)27-16-5-6-16)11-17-4-2-3-9-31-17/h7-8,10,12,16-17,20,26H,2-6,9,11,13H2,1H3,(H,27,29)(H,28,30)/t17?,20-/m0/s1. The van der Waals surface area contributed by atoms with Crippen LogP contribution in [-0.2, 0) is 16.1 Å². The first-order valence-electron chi connectivity index (χ1n) is 11.2. The number of carbonyl (C=O) groups is 2. The molecule has 2 atom stereocenters. The van der Waals surface area contributed by atoms with E-state index in [1.165, 1.54) is 11.3 Å². The normalized spacial score (nSPS) is 19.2. The van der Waals surface area contributed by atoms with E-state index in [4.69, 9.17) is 16.3 Å². The van der Waals surface area contributed by atoms with Gasteiger partial charge < -0.3 is 20.7 Å². The third-order valence-corrected chi connectivity index (χ3v) is 7.00. The summed E-state index contributed by atoms with van der Waals surface area (Å²) in [4.78, 5) is 31.5. The van der Waals surface area contributed by atoms with Gasteiger partial charge in [-0.15, -0.1) is 11.3 Å². The second-order valence-corrected chi connectivity index (χ2v) is 10.0. The number of aromatic nitrogens is 1. The monoisotopic (exact) mass is 476 g/mol. The number of carbonyl (C=O) groups excluding carboxylic acids is 2. The third-order valence-electron chi connectivity index (χ3n) is 5.71. The average Bonchev–Trinajstić information content (AvgIpc) is 3.47. The maximum Gasteiger partial charge on any atom is 0.262 e. The van der Waals surface area contributed by atoms with E-state index < -0.39 is 6.04 Å². The van der Waals surface area contributed by atoms with E-state index in [-0.39, 0.29) is 24.0 Å². The molecule has 2 aliphatic rings. The van der Waals surface area contributed by atoms with Gasteiger partial charge in [0, 0.05) is 36.7 Å². The van der Waals surface area contributed by atoms with Crippen molar-refractivity contribution in [3.05, 3.63) is 44.9 Å². The quantitative estimate of drug-likeness (QED) is 0.507. The third kappa shape index (κ3) is 6.43. The molecule has 2 amide bonds. The van der Waals surface area contributed by atoms with Crippen LogP contribution < -0.4 is 16.0 Å². The highest BCUT2D eigenvalue weighted by molar-refractivity contribution is 7.14. The molecule has 2 aromatic rings. The van der Waals surface area contributed by atoms with Crippen molar-refractivity contribution < 1.29 is 14.3 Å². The summed E-state index contributed by atoms with van der Waals surface area (Å²) in [6.07, 6.45) is 7.23. The first-order chi connectivity index (χ1) is 15.5. The summed E-state index contributed by atoms with van der Waals surface area (Å²) in [5, 5.41) is 9.86. The van der Waals surface area contributed by atoms with Gasteiger partial charge in [-0.2, -0.15) is 0 Å². The topological polar surface area (TPSA) is 92.3 Å². The molecule has 2 aromatic heterocycles. The number of nitrogens with one attached hydrogen (secondary N) is 3. The highest BCUT2D eigenvalue weighted by Crippen LogP contribution is 2.23. The highest BCUT2D eigenvalue weighted by Gasteiger charge is 2.31. The van der Waals surface area contributed by atoms with Crippen LogP contribution in [0, 0.1) is 6.92 Å². The molecule has 4 rings (SSSR count). The van der Waals surface area contributed by atoms with Crippen LogP contribution in [0.3, 0.4) is 0 Å². The molecule has 0 aromatic carbocycles. The molecule has 3 heterocycles. The molecule has 1 aliphatic carbocycles. The zero-order valence-corrected chi connectivity index (χ0v) is 19.7. The van der Waals surface area contributed by atoms with Crippen LogP contribution in [0.4, 0.5) is 5.69 Å². The SMILES string of the molecule is Cc1ncc(Cl)cc1NCc1ccc(C(=O)N[C@@H](CC2CCCCO2)C(=O)NC2CC2)s1. The van der Waals surface area contributed by atoms with Crippen LogP contribution in [0.5, 0.6) is 0 Å². The van der Waals surface area contributed by atoms with E-state index in [9.17, 15) is 9.59 Å². The minimum Gasteiger partial charge on any atom is -0.379 e. The number of nitrogens with zero attached hydrogens (tertiary/aromatic N) is 1. The largest absolute Gasteiger partial charge is 0.379 e. The molecule has 3 N–H and O–H groups in total. The average molecular weight is 477 g/mol. The molecule has 1 unspecified atom stereocenters. The van der Waals surface area contributed by atoms with Gasteiger partial charge in [-0.05, 0) is 57.2 Å². The Morgan fingerprint density at radius 2 is 2.12 bits per heavy atom. The molecule has 172 valence electrons. The van der Waals surface area contributed by atoms with Gasteiger partial charge in [-0.1, -0.05) is 11.6 Å². The molecule has 0 spiro atoms. The summed E-state index contributed by atoms with van der Waals surface area (Å²) in [7, 11) is 0. The van der Waals surface area contributed by atoms with Gasteiger partial charge in [0.05, 0.1) is 27.4 Å². The van der Waals surface area contributed by atoms with Gasteiger partial charge in [0.15, 0.2) is 0 Å². The number of aryl methyl sites for hydroxylation is 1. The van der Waals surface area contributed by atoms with Crippen LogP contribution in [-0.4, -0.2) is 41.6 Å². The minimum atomic E-state index is -0.588. The van der Waals surface area contributed by atoms with Crippen molar-refractivity contribution in [1.29, 1.82) is 0 Å². The molecular weight excluding hydrogens is 448 g/mol. The zero-order valence-electron chi connectivity index (χ0n) is 18.2. The van der Waals surface area contributed by atoms with Crippen molar-refractivity contribution in [1.82, 2.24) is 15.6 Å². The number of rotatable bonds is 9. The Kier molecular flexibility index (Phi) is 7.65. The van der Waals surface area contributed by atoms with E-state index in [1.807, 2.05) is 19.1 Å². The number of ether oxygens (including phenoxy) is 1. The summed E-state index contributed by atoms with van der Waals surface area (Å²) in [5.41, 5.74) is 1.72.